The molecule has 0 N–H and O–H groups in total. The van der Waals surface area contributed by atoms with Gasteiger partial charge in [-0.3, -0.25) is 9.59 Å². The first-order valence-electron chi connectivity index (χ1n) is 3.90. The van der Waals surface area contributed by atoms with Gasteiger partial charge in [0.15, 0.2) is 12.6 Å². The number of hydrogen-bond donors (Lipinski definition) is 0. The fourth-order valence-corrected chi connectivity index (χ4v) is 0.981. The van der Waals surface area contributed by atoms with Gasteiger partial charge in [0.05, 0.1) is 7.11 Å². The van der Waals surface area contributed by atoms with Crippen LogP contribution in [0.1, 0.15) is 15.9 Å². The molecule has 3 nitrogen and oxygen atoms in total. The van der Waals surface area contributed by atoms with E-state index < -0.39 is 0 Å². The van der Waals surface area contributed by atoms with Gasteiger partial charge in [0, 0.05) is 11.1 Å². The quantitative estimate of drug-likeness (QED) is 0.514. The second kappa shape index (κ2) is 4.83. The summed E-state index contributed by atoms with van der Waals surface area (Å²) in [4.78, 5) is 20.6. The van der Waals surface area contributed by atoms with Crippen LogP contribution in [-0.4, -0.2) is 19.7 Å². The van der Waals surface area contributed by atoms with Crippen LogP contribution in [0.25, 0.3) is 0 Å². The Labute approximate surface area is 81.7 Å². The maximum atomic E-state index is 10.6. The molecule has 1 aromatic rings. The van der Waals surface area contributed by atoms with Gasteiger partial charge in [-0.2, -0.15) is 0 Å². The Balaban J connectivity index is 3.20. The van der Waals surface area contributed by atoms with Crippen molar-refractivity contribution in [3.05, 3.63) is 29.3 Å². The molecule has 1 aromatic carbocycles. The molecule has 0 aliphatic rings. The molecule has 0 fully saturated rings. The van der Waals surface area contributed by atoms with Gasteiger partial charge in [0.2, 0.25) is 0 Å². The highest BCUT2D eigenvalue weighted by Gasteiger charge is 2.00. The topological polar surface area (TPSA) is 43.4 Å². The molecule has 14 heavy (non-hydrogen) atoms. The monoisotopic (exact) mass is 188 g/mol. The Morgan fingerprint density at radius 2 is 2.14 bits per heavy atom. The minimum Gasteiger partial charge on any atom is -0.497 e. The summed E-state index contributed by atoms with van der Waals surface area (Å²) in [6, 6.07) is 4.87. The van der Waals surface area contributed by atoms with Gasteiger partial charge < -0.3 is 4.74 Å². The number of ether oxygens (including phenoxy) is 1. The van der Waals surface area contributed by atoms with Crippen LogP contribution in [0.3, 0.4) is 0 Å². The molecule has 0 unspecified atom stereocenters. The zero-order valence-corrected chi connectivity index (χ0v) is 7.61. The summed E-state index contributed by atoms with van der Waals surface area (Å²) < 4.78 is 4.96. The Kier molecular flexibility index (Phi) is 3.45. The third-order valence-electron chi connectivity index (χ3n) is 1.65. The fourth-order valence-electron chi connectivity index (χ4n) is 0.981. The standard InChI is InChI=1S/C11H8O3/c1-14-11-5-4-10(8-13)9(7-11)3-2-6-12/h4-8H,1H3. The molecule has 3 heteroatoms. The molecule has 0 aromatic heterocycles. The van der Waals surface area contributed by atoms with Crippen molar-refractivity contribution >= 4 is 12.6 Å². The summed E-state index contributed by atoms with van der Waals surface area (Å²) in [5, 5.41) is 0. The van der Waals surface area contributed by atoms with Crippen molar-refractivity contribution in [1.29, 1.82) is 0 Å². The van der Waals surface area contributed by atoms with Crippen molar-refractivity contribution in [3.8, 4) is 17.6 Å². The number of carbonyl (C=O) groups is 2. The molecule has 0 radical (unpaired) electrons. The summed E-state index contributed by atoms with van der Waals surface area (Å²) in [6.07, 6.45) is 1.17. The van der Waals surface area contributed by atoms with Gasteiger partial charge in [-0.25, -0.2) is 0 Å². The average Bonchev–Trinajstić information content (AvgIpc) is 2.25. The van der Waals surface area contributed by atoms with Crippen LogP contribution in [0.4, 0.5) is 0 Å². The van der Waals surface area contributed by atoms with E-state index in [0.717, 1.165) is 0 Å². The van der Waals surface area contributed by atoms with Crippen molar-refractivity contribution in [1.82, 2.24) is 0 Å². The molecule has 0 heterocycles. The number of methoxy groups -OCH3 is 1. The third kappa shape index (κ3) is 2.20. The molecule has 0 saturated heterocycles. The normalized spacial score (nSPS) is 8.36. The SMILES string of the molecule is COc1ccc(C=O)c(C#CC=O)c1. The van der Waals surface area contributed by atoms with E-state index in [-0.39, 0.29) is 0 Å². The van der Waals surface area contributed by atoms with E-state index in [1.165, 1.54) is 7.11 Å². The molecule has 0 amide bonds. The third-order valence-corrected chi connectivity index (χ3v) is 1.65. The number of benzene rings is 1. The first kappa shape index (κ1) is 10.0. The maximum absolute atomic E-state index is 10.6. The molecular weight excluding hydrogens is 180 g/mol. The summed E-state index contributed by atoms with van der Waals surface area (Å²) in [6.45, 7) is 0. The van der Waals surface area contributed by atoms with Crippen molar-refractivity contribution < 1.29 is 14.3 Å². The van der Waals surface area contributed by atoms with Crippen LogP contribution in [0.2, 0.25) is 0 Å². The van der Waals surface area contributed by atoms with Crippen LogP contribution in [0, 0.1) is 11.8 Å². The molecule has 0 bridgehead atoms. The molecule has 1 rings (SSSR count). The summed E-state index contributed by atoms with van der Waals surface area (Å²) >= 11 is 0. The van der Waals surface area contributed by atoms with E-state index in [1.807, 2.05) is 0 Å². The van der Waals surface area contributed by atoms with Crippen molar-refractivity contribution in [2.45, 2.75) is 0 Å². The number of hydrogen-bond acceptors (Lipinski definition) is 3. The predicted octanol–water partition coefficient (Wildman–Crippen LogP) is 1.06. The van der Waals surface area contributed by atoms with Gasteiger partial charge in [0.1, 0.15) is 5.75 Å². The smallest absolute Gasteiger partial charge is 0.193 e. The highest BCUT2D eigenvalue weighted by atomic mass is 16.5. The van der Waals surface area contributed by atoms with Gasteiger partial charge in [-0.15, -0.1) is 0 Å². The lowest BCUT2D eigenvalue weighted by Crippen LogP contribution is -1.90. The lowest BCUT2D eigenvalue weighted by Gasteiger charge is -2.01. The highest BCUT2D eigenvalue weighted by Crippen LogP contribution is 2.15. The lowest BCUT2D eigenvalue weighted by atomic mass is 10.1. The van der Waals surface area contributed by atoms with E-state index in [0.29, 0.717) is 29.4 Å². The molecular formula is C11H8O3. The summed E-state index contributed by atoms with van der Waals surface area (Å²) in [5.74, 6) is 5.41. The first-order valence-corrected chi connectivity index (χ1v) is 3.90. The summed E-state index contributed by atoms with van der Waals surface area (Å²) in [7, 11) is 1.52. The molecule has 0 aliphatic heterocycles. The molecule has 70 valence electrons. The molecule has 0 aliphatic carbocycles. The van der Waals surface area contributed by atoms with E-state index in [2.05, 4.69) is 11.8 Å². The Morgan fingerprint density at radius 3 is 2.71 bits per heavy atom. The molecule has 0 spiro atoms. The van der Waals surface area contributed by atoms with Crippen LogP contribution in [-0.2, 0) is 4.79 Å². The lowest BCUT2D eigenvalue weighted by molar-refractivity contribution is -0.103. The number of aldehydes is 2. The van der Waals surface area contributed by atoms with Gasteiger partial charge in [-0.05, 0) is 24.1 Å². The Morgan fingerprint density at radius 1 is 1.36 bits per heavy atom. The highest BCUT2D eigenvalue weighted by molar-refractivity contribution is 5.82. The minimum atomic E-state index is 0.445. The van der Waals surface area contributed by atoms with E-state index in [1.54, 1.807) is 18.2 Å². The second-order valence-electron chi connectivity index (χ2n) is 2.46. The van der Waals surface area contributed by atoms with Crippen LogP contribution < -0.4 is 4.74 Å². The maximum Gasteiger partial charge on any atom is 0.193 e. The van der Waals surface area contributed by atoms with E-state index in [4.69, 9.17) is 4.74 Å². The van der Waals surface area contributed by atoms with E-state index >= 15 is 0 Å². The minimum absolute atomic E-state index is 0.445. The van der Waals surface area contributed by atoms with Crippen LogP contribution in [0.15, 0.2) is 18.2 Å². The zero-order valence-electron chi connectivity index (χ0n) is 7.61. The van der Waals surface area contributed by atoms with Gasteiger partial charge >= 0.3 is 0 Å². The fraction of sp³-hybridized carbons (Fsp3) is 0.0909. The van der Waals surface area contributed by atoms with Gasteiger partial charge in [0.25, 0.3) is 0 Å². The largest absolute Gasteiger partial charge is 0.497 e. The Hall–Kier alpha value is -2.08. The van der Waals surface area contributed by atoms with Crippen molar-refractivity contribution in [3.63, 3.8) is 0 Å². The van der Waals surface area contributed by atoms with Gasteiger partial charge in [-0.1, -0.05) is 5.92 Å². The molecule has 0 atom stereocenters. The number of rotatable bonds is 2. The van der Waals surface area contributed by atoms with Crippen LogP contribution >= 0.6 is 0 Å². The Bertz CT molecular complexity index is 410. The number of carbonyl (C=O) groups excluding carboxylic acids is 2. The first-order chi connectivity index (χ1) is 6.81. The summed E-state index contributed by atoms with van der Waals surface area (Å²) in [5.41, 5.74) is 0.937. The van der Waals surface area contributed by atoms with Crippen molar-refractivity contribution in [2.24, 2.45) is 0 Å². The average molecular weight is 188 g/mol. The zero-order chi connectivity index (χ0) is 10.4. The predicted molar refractivity (Wildman–Crippen MR) is 51.3 cm³/mol. The van der Waals surface area contributed by atoms with Crippen LogP contribution in [0.5, 0.6) is 5.75 Å². The second-order valence-corrected chi connectivity index (χ2v) is 2.46. The van der Waals surface area contributed by atoms with E-state index in [9.17, 15) is 9.59 Å². The van der Waals surface area contributed by atoms with Crippen molar-refractivity contribution in [2.75, 3.05) is 7.11 Å². The molecule has 0 saturated carbocycles.